The summed E-state index contributed by atoms with van der Waals surface area (Å²) in [5, 5.41) is 40.5. The molecule has 0 saturated heterocycles. The van der Waals surface area contributed by atoms with E-state index in [-0.39, 0.29) is 5.41 Å². The fourth-order valence-corrected chi connectivity index (χ4v) is 27.7. The van der Waals surface area contributed by atoms with E-state index >= 15 is 0 Å². The second-order valence-corrected chi connectivity index (χ2v) is 41.3. The van der Waals surface area contributed by atoms with E-state index in [9.17, 15) is 0 Å². The molecule has 21 aromatic carbocycles. The summed E-state index contributed by atoms with van der Waals surface area (Å²) >= 11 is 17.1. The number of nitrogens with zero attached hydrogens (tertiary/aromatic N) is 4. The summed E-state index contributed by atoms with van der Waals surface area (Å²) < 4.78 is 36.2. The molecular formula is C121H64Br4N4O3S. The van der Waals surface area contributed by atoms with Crippen LogP contribution in [0.2, 0.25) is 0 Å². The summed E-state index contributed by atoms with van der Waals surface area (Å²) in [6, 6.07) is 128. The Kier molecular flexibility index (Phi) is 14.7. The van der Waals surface area contributed by atoms with Crippen molar-refractivity contribution in [3.63, 3.8) is 0 Å². The van der Waals surface area contributed by atoms with Crippen LogP contribution in [0.5, 0.6) is 0 Å². The molecule has 0 radical (unpaired) electrons. The fraction of sp³-hybridized carbons (Fsp3) is 0.0248. The molecule has 620 valence electrons. The lowest BCUT2D eigenvalue weighted by Gasteiger charge is -2.22. The second-order valence-electron chi connectivity index (χ2n) is 36.7. The molecule has 133 heavy (non-hydrogen) atoms. The first-order valence-corrected chi connectivity index (χ1v) is 49.0. The largest absolute Gasteiger partial charge is 0.456 e. The third kappa shape index (κ3) is 9.56. The van der Waals surface area contributed by atoms with Crippen LogP contribution in [0.3, 0.4) is 0 Å². The lowest BCUT2D eigenvalue weighted by molar-refractivity contribution is 0.661. The Hall–Kier alpha value is -14.6. The van der Waals surface area contributed by atoms with E-state index in [0.29, 0.717) is 0 Å². The van der Waals surface area contributed by atoms with E-state index in [1.54, 1.807) is 0 Å². The van der Waals surface area contributed by atoms with Gasteiger partial charge in [0.2, 0.25) is 0 Å². The number of thiophene rings is 1. The van der Waals surface area contributed by atoms with Gasteiger partial charge in [0.1, 0.15) is 33.5 Å². The summed E-state index contributed by atoms with van der Waals surface area (Å²) in [6.45, 7) is 4.75. The number of hydrogen-bond donors (Lipinski definition) is 0. The van der Waals surface area contributed by atoms with Crippen LogP contribution in [0.1, 0.15) is 25.0 Å². The molecule has 0 atom stereocenters. The van der Waals surface area contributed by atoms with Gasteiger partial charge in [-0.05, 0) is 203 Å². The molecule has 0 aliphatic heterocycles. The molecule has 0 spiro atoms. The number of para-hydroxylation sites is 6. The molecule has 0 saturated carbocycles. The summed E-state index contributed by atoms with van der Waals surface area (Å²) in [4.78, 5) is 0. The first-order chi connectivity index (χ1) is 65.4. The lowest BCUT2D eigenvalue weighted by Crippen LogP contribution is -2.15. The SMILES string of the molecule is Brc1cc2c(c3cccc4c5cccc6cccc(c65)n2c43)c2oc3ccccc3c12.Brc1ccc2c(c1)c1c3c(cc4c5cccc6c7c(cc(c56)n2c41)sc1ccccc17)oc1ccccc13.Brc1ccc2c3cc4oc5ccccc5c4c4cccc(c34)n3c4ccccc4c1c23.CC1(C)c2ccc(Br)cc2-c2c1cc1c3cccc4cccc(c43)n3c4ccccc4c2c13. The van der Waals surface area contributed by atoms with Crippen molar-refractivity contribution in [1.29, 1.82) is 0 Å². The summed E-state index contributed by atoms with van der Waals surface area (Å²) in [5.74, 6) is 0. The maximum atomic E-state index is 6.50. The summed E-state index contributed by atoms with van der Waals surface area (Å²) in [6.07, 6.45) is 0. The Bertz CT molecular complexity index is 11100. The number of rotatable bonds is 0. The van der Waals surface area contributed by atoms with Crippen molar-refractivity contribution in [3.8, 4) is 11.1 Å². The van der Waals surface area contributed by atoms with Crippen LogP contribution in [-0.4, -0.2) is 17.6 Å². The molecule has 7 nitrogen and oxygen atoms in total. The number of furan rings is 3. The van der Waals surface area contributed by atoms with Crippen LogP contribution >= 0.6 is 75.1 Å². The number of hydrogen-bond acceptors (Lipinski definition) is 4. The van der Waals surface area contributed by atoms with Gasteiger partial charge in [-0.3, -0.25) is 0 Å². The molecule has 12 heteroatoms. The monoisotopic (exact) mass is 1970 g/mol. The highest BCUT2D eigenvalue weighted by Gasteiger charge is 2.39. The molecule has 1 aliphatic carbocycles. The zero-order chi connectivity index (χ0) is 87.3. The lowest BCUT2D eigenvalue weighted by atomic mass is 9.81. The van der Waals surface area contributed by atoms with Crippen molar-refractivity contribution in [2.75, 3.05) is 0 Å². The zero-order valence-corrected chi connectivity index (χ0v) is 78.1. The van der Waals surface area contributed by atoms with Crippen LogP contribution in [-0.2, 0) is 5.41 Å². The van der Waals surface area contributed by atoms with E-state index in [0.717, 1.165) is 67.5 Å². The van der Waals surface area contributed by atoms with Gasteiger partial charge in [0, 0.05) is 157 Å². The van der Waals surface area contributed by atoms with Crippen LogP contribution in [0.4, 0.5) is 0 Å². The quantitative estimate of drug-likeness (QED) is 0.112. The third-order valence-corrected chi connectivity index (χ3v) is 33.2. The normalized spacial score (nSPS) is 13.2. The molecule has 34 rings (SSSR count). The molecule has 0 unspecified atom stereocenters. The van der Waals surface area contributed by atoms with Gasteiger partial charge < -0.3 is 30.9 Å². The Morgan fingerprint density at radius 1 is 0.226 bits per heavy atom. The number of aromatic nitrogens is 4. The smallest absolute Gasteiger partial charge is 0.146 e. The van der Waals surface area contributed by atoms with Crippen LogP contribution < -0.4 is 0 Å². The minimum Gasteiger partial charge on any atom is -0.456 e. The molecule has 0 bridgehead atoms. The van der Waals surface area contributed by atoms with Gasteiger partial charge in [-0.15, -0.1) is 11.3 Å². The van der Waals surface area contributed by atoms with Crippen molar-refractivity contribution in [1.82, 2.24) is 17.6 Å². The molecular weight excluding hydrogens is 1910 g/mol. The van der Waals surface area contributed by atoms with Gasteiger partial charge >= 0.3 is 0 Å². The average molecular weight is 1970 g/mol. The van der Waals surface area contributed by atoms with E-state index in [1.807, 2.05) is 29.5 Å². The predicted octanol–water partition coefficient (Wildman–Crippen LogP) is 37.4. The Labute approximate surface area is 791 Å². The maximum Gasteiger partial charge on any atom is 0.146 e. The first kappa shape index (κ1) is 74.1. The zero-order valence-electron chi connectivity index (χ0n) is 70.9. The minimum absolute atomic E-state index is 0.0515. The Morgan fingerprint density at radius 2 is 0.684 bits per heavy atom. The standard InChI is InChI=1S/C34H16BrNOS.C31H20BrN.2C28H14BrNO/c35-17-12-13-24-23(14-17)33-32-19-6-1-3-10-26(19)37-27(32)15-22-18-8-5-9-21-30(18)25(36(24)34(22)33)16-29-31(21)20-7-2-4-11-28(20)38-29;1-31(2)23-14-13-18(32)15-22(23)28-24(31)16-21-19-10-5-7-17-8-6-12-26(27(17)19)33-25-11-4-3-9-20(25)29(28)30(21)33;29-20-13-12-15-19-14-24-26(17-7-2-4-11-23(17)31-24)18-8-5-10-22(25(18)19)30-21-9-3-1-6-16(21)27(20)28(15)30;29-20-14-22-26(28-25(20)18-8-1-2-13-23(18)31-28)19-11-5-10-17-16-9-3-6-15-7-4-12-21(24(15)16)30(22)27(17)19/h1-16H;3-16H,1-2H3;2*1-14H. The molecule has 0 amide bonds. The number of pyridine rings is 4. The Balaban J connectivity index is 0.0000000835. The van der Waals surface area contributed by atoms with Crippen molar-refractivity contribution < 1.29 is 13.3 Å². The average Bonchev–Trinajstić information content (AvgIpc) is 1.51. The minimum atomic E-state index is -0.0515. The second kappa shape index (κ2) is 26.4. The van der Waals surface area contributed by atoms with Crippen molar-refractivity contribution in [2.24, 2.45) is 0 Å². The fourth-order valence-electron chi connectivity index (χ4n) is 24.7. The van der Waals surface area contributed by atoms with Gasteiger partial charge in [-0.1, -0.05) is 292 Å². The van der Waals surface area contributed by atoms with E-state index in [1.165, 1.54) is 254 Å². The van der Waals surface area contributed by atoms with Crippen molar-refractivity contribution >= 4 is 357 Å². The topological polar surface area (TPSA) is 57.1 Å². The third-order valence-electron chi connectivity index (χ3n) is 29.8. The molecule has 12 aromatic heterocycles. The highest BCUT2D eigenvalue weighted by molar-refractivity contribution is 9.11. The summed E-state index contributed by atoms with van der Waals surface area (Å²) in [5.41, 5.74) is 26.2. The number of benzene rings is 21. The van der Waals surface area contributed by atoms with Crippen LogP contribution in [0, 0.1) is 0 Å². The highest BCUT2D eigenvalue weighted by atomic mass is 79.9. The molecule has 0 fully saturated rings. The molecule has 0 N–H and O–H groups in total. The number of halogens is 4. The molecule has 33 aromatic rings. The van der Waals surface area contributed by atoms with Gasteiger partial charge in [0.15, 0.2) is 0 Å². The maximum absolute atomic E-state index is 6.50. The van der Waals surface area contributed by atoms with Crippen LogP contribution in [0.15, 0.2) is 383 Å². The van der Waals surface area contributed by atoms with Crippen LogP contribution in [0.25, 0.3) is 293 Å². The van der Waals surface area contributed by atoms with Crippen molar-refractivity contribution in [2.45, 2.75) is 19.3 Å². The van der Waals surface area contributed by atoms with Crippen molar-refractivity contribution in [3.05, 3.63) is 381 Å². The Morgan fingerprint density at radius 3 is 1.40 bits per heavy atom. The van der Waals surface area contributed by atoms with Gasteiger partial charge in [-0.25, -0.2) is 0 Å². The summed E-state index contributed by atoms with van der Waals surface area (Å²) in [7, 11) is 0. The van der Waals surface area contributed by atoms with Gasteiger partial charge in [0.25, 0.3) is 0 Å². The van der Waals surface area contributed by atoms with Gasteiger partial charge in [0.05, 0.1) is 71.6 Å². The predicted molar refractivity (Wildman–Crippen MR) is 578 cm³/mol. The molecule has 1 aliphatic rings. The van der Waals surface area contributed by atoms with E-state index in [2.05, 4.69) is 429 Å². The van der Waals surface area contributed by atoms with Gasteiger partial charge in [-0.2, -0.15) is 0 Å². The van der Waals surface area contributed by atoms with E-state index in [4.69, 9.17) is 13.3 Å². The first-order valence-electron chi connectivity index (χ1n) is 45.0. The number of fused-ring (bicyclic) bond motifs is 40. The highest BCUT2D eigenvalue weighted by Crippen LogP contribution is 2.58. The van der Waals surface area contributed by atoms with E-state index < -0.39 is 0 Å². The molecule has 12 heterocycles.